The van der Waals surface area contributed by atoms with E-state index in [2.05, 4.69) is 43.4 Å². The Morgan fingerprint density at radius 1 is 1.16 bits per heavy atom. The lowest BCUT2D eigenvalue weighted by Crippen LogP contribution is -2.37. The van der Waals surface area contributed by atoms with Gasteiger partial charge < -0.3 is 10.1 Å². The molecular weight excluding hydrogens is 234 g/mol. The summed E-state index contributed by atoms with van der Waals surface area (Å²) < 4.78 is 5.94. The smallest absolute Gasteiger partial charge is 0.119 e. The molecule has 0 saturated heterocycles. The Morgan fingerprint density at radius 2 is 1.84 bits per heavy atom. The molecule has 0 amide bonds. The van der Waals surface area contributed by atoms with Gasteiger partial charge in [0, 0.05) is 12.6 Å². The SMILES string of the molecule is CCc1ccc(OC(C)CNC2CCCCC2)cc1. The largest absolute Gasteiger partial charge is 0.489 e. The summed E-state index contributed by atoms with van der Waals surface area (Å²) >= 11 is 0. The third-order valence-electron chi connectivity index (χ3n) is 3.97. The van der Waals surface area contributed by atoms with Crippen LogP contribution in [0, 0.1) is 0 Å². The molecule has 2 rings (SSSR count). The van der Waals surface area contributed by atoms with Crippen LogP contribution in [0.4, 0.5) is 0 Å². The quantitative estimate of drug-likeness (QED) is 0.837. The number of hydrogen-bond acceptors (Lipinski definition) is 2. The average Bonchev–Trinajstić information content (AvgIpc) is 2.47. The van der Waals surface area contributed by atoms with Crippen LogP contribution in [0.5, 0.6) is 5.75 Å². The van der Waals surface area contributed by atoms with E-state index >= 15 is 0 Å². The predicted molar refractivity (Wildman–Crippen MR) is 80.8 cm³/mol. The van der Waals surface area contributed by atoms with Gasteiger partial charge in [-0.2, -0.15) is 0 Å². The van der Waals surface area contributed by atoms with Crippen LogP contribution in [-0.2, 0) is 6.42 Å². The number of ether oxygens (including phenoxy) is 1. The van der Waals surface area contributed by atoms with Crippen LogP contribution in [0.1, 0.15) is 51.5 Å². The van der Waals surface area contributed by atoms with Gasteiger partial charge in [0.05, 0.1) is 0 Å². The number of aryl methyl sites for hydroxylation is 1. The first-order chi connectivity index (χ1) is 9.28. The predicted octanol–water partition coefficient (Wildman–Crippen LogP) is 3.94. The molecule has 0 bridgehead atoms. The molecule has 1 aromatic carbocycles. The molecule has 1 saturated carbocycles. The van der Waals surface area contributed by atoms with Crippen LogP contribution in [0.2, 0.25) is 0 Å². The van der Waals surface area contributed by atoms with E-state index in [1.807, 2.05) is 0 Å². The van der Waals surface area contributed by atoms with Gasteiger partial charge in [-0.3, -0.25) is 0 Å². The van der Waals surface area contributed by atoms with E-state index in [-0.39, 0.29) is 6.10 Å². The number of hydrogen-bond donors (Lipinski definition) is 1. The number of rotatable bonds is 6. The first-order valence-electron chi connectivity index (χ1n) is 7.77. The van der Waals surface area contributed by atoms with Crippen molar-refractivity contribution in [2.45, 2.75) is 64.5 Å². The zero-order valence-corrected chi connectivity index (χ0v) is 12.3. The van der Waals surface area contributed by atoms with Crippen molar-refractivity contribution in [2.75, 3.05) is 6.54 Å². The number of nitrogens with one attached hydrogen (secondary N) is 1. The van der Waals surface area contributed by atoms with E-state index in [9.17, 15) is 0 Å². The Kier molecular flexibility index (Phi) is 5.71. The Balaban J connectivity index is 1.71. The summed E-state index contributed by atoms with van der Waals surface area (Å²) in [7, 11) is 0. The van der Waals surface area contributed by atoms with Crippen molar-refractivity contribution in [1.82, 2.24) is 5.32 Å². The van der Waals surface area contributed by atoms with Gasteiger partial charge in [0.15, 0.2) is 0 Å². The second kappa shape index (κ2) is 7.54. The van der Waals surface area contributed by atoms with E-state index in [0.29, 0.717) is 6.04 Å². The highest BCUT2D eigenvalue weighted by Crippen LogP contribution is 2.18. The van der Waals surface area contributed by atoms with Crippen LogP contribution in [0.3, 0.4) is 0 Å². The van der Waals surface area contributed by atoms with Crippen molar-refractivity contribution >= 4 is 0 Å². The molecule has 1 unspecified atom stereocenters. The molecule has 1 aliphatic rings. The van der Waals surface area contributed by atoms with Crippen LogP contribution in [0.15, 0.2) is 24.3 Å². The normalized spacial score (nSPS) is 18.2. The average molecular weight is 261 g/mol. The summed E-state index contributed by atoms with van der Waals surface area (Å²) in [4.78, 5) is 0. The van der Waals surface area contributed by atoms with Crippen molar-refractivity contribution < 1.29 is 4.74 Å². The molecule has 19 heavy (non-hydrogen) atoms. The van der Waals surface area contributed by atoms with Crippen molar-refractivity contribution in [3.05, 3.63) is 29.8 Å². The van der Waals surface area contributed by atoms with E-state index in [0.717, 1.165) is 18.7 Å². The first kappa shape index (κ1) is 14.4. The molecule has 2 nitrogen and oxygen atoms in total. The standard InChI is InChI=1S/C17H27NO/c1-3-15-9-11-17(12-10-15)19-14(2)13-18-16-7-5-4-6-8-16/h9-12,14,16,18H,3-8,13H2,1-2H3. The van der Waals surface area contributed by atoms with Gasteiger partial charge in [-0.15, -0.1) is 0 Å². The lowest BCUT2D eigenvalue weighted by Gasteiger charge is -2.25. The van der Waals surface area contributed by atoms with E-state index in [1.54, 1.807) is 0 Å². The summed E-state index contributed by atoms with van der Waals surface area (Å²) in [6.07, 6.45) is 8.15. The van der Waals surface area contributed by atoms with Gasteiger partial charge in [0.1, 0.15) is 11.9 Å². The molecule has 0 aliphatic heterocycles. The Labute approximate surface area is 117 Å². The van der Waals surface area contributed by atoms with E-state index in [1.165, 1.54) is 37.7 Å². The molecule has 1 aromatic rings. The summed E-state index contributed by atoms with van der Waals surface area (Å²) in [5, 5.41) is 3.64. The lowest BCUT2D eigenvalue weighted by molar-refractivity contribution is 0.205. The molecule has 0 radical (unpaired) electrons. The van der Waals surface area contributed by atoms with Gasteiger partial charge in [-0.25, -0.2) is 0 Å². The van der Waals surface area contributed by atoms with Crippen LogP contribution < -0.4 is 10.1 Å². The van der Waals surface area contributed by atoms with Crippen LogP contribution in [0.25, 0.3) is 0 Å². The van der Waals surface area contributed by atoms with Crippen LogP contribution >= 0.6 is 0 Å². The molecule has 0 heterocycles. The van der Waals surface area contributed by atoms with Gasteiger partial charge in [-0.05, 0) is 43.9 Å². The minimum Gasteiger partial charge on any atom is -0.489 e. The summed E-state index contributed by atoms with van der Waals surface area (Å²) in [6, 6.07) is 9.17. The first-order valence-corrected chi connectivity index (χ1v) is 7.77. The fourth-order valence-corrected chi connectivity index (χ4v) is 2.72. The molecule has 106 valence electrons. The molecule has 1 atom stereocenters. The minimum atomic E-state index is 0.231. The highest BCUT2D eigenvalue weighted by atomic mass is 16.5. The van der Waals surface area contributed by atoms with Crippen molar-refractivity contribution in [3.63, 3.8) is 0 Å². The fourth-order valence-electron chi connectivity index (χ4n) is 2.72. The second-order valence-corrected chi connectivity index (χ2v) is 5.67. The highest BCUT2D eigenvalue weighted by Gasteiger charge is 2.14. The van der Waals surface area contributed by atoms with Gasteiger partial charge in [-0.1, -0.05) is 38.3 Å². The van der Waals surface area contributed by atoms with Gasteiger partial charge >= 0.3 is 0 Å². The highest BCUT2D eigenvalue weighted by molar-refractivity contribution is 5.27. The third kappa shape index (κ3) is 4.87. The Bertz CT molecular complexity index is 354. The second-order valence-electron chi connectivity index (χ2n) is 5.67. The summed E-state index contributed by atoms with van der Waals surface area (Å²) in [5.41, 5.74) is 1.36. The molecule has 2 heteroatoms. The monoisotopic (exact) mass is 261 g/mol. The summed E-state index contributed by atoms with van der Waals surface area (Å²) in [6.45, 7) is 5.26. The molecule has 0 spiro atoms. The molecule has 1 aliphatic carbocycles. The fraction of sp³-hybridized carbons (Fsp3) is 0.647. The van der Waals surface area contributed by atoms with Gasteiger partial charge in [0.25, 0.3) is 0 Å². The zero-order valence-electron chi connectivity index (χ0n) is 12.3. The molecule has 0 aromatic heterocycles. The topological polar surface area (TPSA) is 21.3 Å². The van der Waals surface area contributed by atoms with Crippen molar-refractivity contribution in [3.8, 4) is 5.75 Å². The van der Waals surface area contributed by atoms with E-state index < -0.39 is 0 Å². The maximum Gasteiger partial charge on any atom is 0.119 e. The van der Waals surface area contributed by atoms with Crippen LogP contribution in [-0.4, -0.2) is 18.7 Å². The van der Waals surface area contributed by atoms with Crippen molar-refractivity contribution in [1.29, 1.82) is 0 Å². The Hall–Kier alpha value is -1.02. The molecular formula is C17H27NO. The number of benzene rings is 1. The van der Waals surface area contributed by atoms with Crippen molar-refractivity contribution in [2.24, 2.45) is 0 Å². The Morgan fingerprint density at radius 3 is 2.47 bits per heavy atom. The third-order valence-corrected chi connectivity index (χ3v) is 3.97. The van der Waals surface area contributed by atoms with E-state index in [4.69, 9.17) is 4.74 Å². The maximum absolute atomic E-state index is 5.94. The molecule has 1 N–H and O–H groups in total. The van der Waals surface area contributed by atoms with Gasteiger partial charge in [0.2, 0.25) is 0 Å². The minimum absolute atomic E-state index is 0.231. The zero-order chi connectivity index (χ0) is 13.5. The lowest BCUT2D eigenvalue weighted by atomic mass is 9.95. The molecule has 1 fully saturated rings. The summed E-state index contributed by atoms with van der Waals surface area (Å²) in [5.74, 6) is 0.982. The maximum atomic E-state index is 5.94.